The number of rotatable bonds is 9. The minimum absolute atomic E-state index is 0.281. The molecule has 3 aromatic heterocycles. The average Bonchev–Trinajstić information content (AvgIpc) is 2.83. The number of anilines is 2. The van der Waals surface area contributed by atoms with Crippen LogP contribution in [0.3, 0.4) is 0 Å². The van der Waals surface area contributed by atoms with E-state index in [4.69, 9.17) is 0 Å². The first kappa shape index (κ1) is 21.2. The molecular weight excluding hydrogens is 402 g/mol. The molecule has 0 spiro atoms. The van der Waals surface area contributed by atoms with E-state index in [0.29, 0.717) is 35.9 Å². The fraction of sp³-hybridized carbons (Fsp3) is 0.208. The minimum atomic E-state index is -0.281. The average molecular weight is 428 g/mol. The van der Waals surface area contributed by atoms with Crippen molar-refractivity contribution in [1.29, 1.82) is 0 Å². The third kappa shape index (κ3) is 6.21. The first-order valence-corrected chi connectivity index (χ1v) is 10.6. The van der Waals surface area contributed by atoms with Gasteiger partial charge in [-0.1, -0.05) is 30.3 Å². The highest BCUT2D eigenvalue weighted by atomic mass is 16.2. The summed E-state index contributed by atoms with van der Waals surface area (Å²) in [6, 6.07) is 17.4. The molecule has 1 aromatic carbocycles. The highest BCUT2D eigenvalue weighted by molar-refractivity contribution is 5.89. The van der Waals surface area contributed by atoms with Crippen molar-refractivity contribution in [3.05, 3.63) is 84.3 Å². The van der Waals surface area contributed by atoms with Crippen LogP contribution in [0.25, 0.3) is 11.2 Å². The van der Waals surface area contributed by atoms with E-state index in [0.717, 1.165) is 24.8 Å². The van der Waals surface area contributed by atoms with Crippen LogP contribution in [0.4, 0.5) is 16.4 Å². The number of carbonyl (C=O) groups excluding carboxylic acids is 1. The van der Waals surface area contributed by atoms with Crippen LogP contribution in [0, 0.1) is 0 Å². The number of fused-ring (bicyclic) bond motifs is 1. The highest BCUT2D eigenvalue weighted by Gasteiger charge is 2.06. The van der Waals surface area contributed by atoms with E-state index >= 15 is 0 Å². The smallest absolute Gasteiger partial charge is 0.320 e. The van der Waals surface area contributed by atoms with Crippen LogP contribution in [0.1, 0.15) is 24.0 Å². The van der Waals surface area contributed by atoms with Gasteiger partial charge in [-0.3, -0.25) is 10.3 Å². The Kier molecular flexibility index (Phi) is 7.15. The van der Waals surface area contributed by atoms with Crippen molar-refractivity contribution in [3.63, 3.8) is 0 Å². The molecule has 0 aliphatic carbocycles. The van der Waals surface area contributed by atoms with Gasteiger partial charge in [-0.15, -0.1) is 0 Å². The molecule has 3 heterocycles. The molecule has 8 heteroatoms. The Morgan fingerprint density at radius 2 is 1.66 bits per heavy atom. The number of carbonyl (C=O) groups is 1. The van der Waals surface area contributed by atoms with E-state index in [1.165, 1.54) is 5.56 Å². The van der Waals surface area contributed by atoms with Crippen LogP contribution in [0.15, 0.2) is 73.2 Å². The number of pyridine rings is 2. The summed E-state index contributed by atoms with van der Waals surface area (Å²) in [6.45, 7) is 1.21. The van der Waals surface area contributed by atoms with Gasteiger partial charge in [-0.05, 0) is 54.7 Å². The summed E-state index contributed by atoms with van der Waals surface area (Å²) in [6.07, 6.45) is 8.09. The Morgan fingerprint density at radius 3 is 2.50 bits per heavy atom. The zero-order valence-corrected chi connectivity index (χ0v) is 17.7. The standard InChI is InChI=1S/C24H25N7O/c32-24(26-13-5-4-8-18-6-2-1-3-7-18)31-21-10-9-20-23(29-21)30-22(17-27-20)28-16-19-11-14-25-15-12-19/h1-3,6-7,9-12,14-15,17H,4-5,8,13,16H2,(H3,26,28,29,30,31,32). The Morgan fingerprint density at radius 1 is 0.844 bits per heavy atom. The van der Waals surface area contributed by atoms with E-state index in [-0.39, 0.29) is 6.03 Å². The summed E-state index contributed by atoms with van der Waals surface area (Å²) >= 11 is 0. The van der Waals surface area contributed by atoms with E-state index in [1.54, 1.807) is 30.7 Å². The van der Waals surface area contributed by atoms with Crippen molar-refractivity contribution >= 4 is 28.8 Å². The predicted octanol–water partition coefficient (Wildman–Crippen LogP) is 4.18. The van der Waals surface area contributed by atoms with Gasteiger partial charge in [0.25, 0.3) is 0 Å². The summed E-state index contributed by atoms with van der Waals surface area (Å²) in [7, 11) is 0. The van der Waals surface area contributed by atoms with Crippen molar-refractivity contribution in [2.24, 2.45) is 0 Å². The summed E-state index contributed by atoms with van der Waals surface area (Å²) in [5, 5.41) is 8.86. The van der Waals surface area contributed by atoms with Gasteiger partial charge < -0.3 is 10.6 Å². The van der Waals surface area contributed by atoms with Crippen molar-refractivity contribution in [2.75, 3.05) is 17.2 Å². The van der Waals surface area contributed by atoms with Crippen LogP contribution in [0.2, 0.25) is 0 Å². The molecule has 0 saturated heterocycles. The third-order valence-corrected chi connectivity index (χ3v) is 4.89. The second-order valence-corrected chi connectivity index (χ2v) is 7.33. The topological polar surface area (TPSA) is 105 Å². The van der Waals surface area contributed by atoms with E-state index in [1.807, 2.05) is 30.3 Å². The molecule has 4 rings (SSSR count). The lowest BCUT2D eigenvalue weighted by atomic mass is 10.1. The van der Waals surface area contributed by atoms with E-state index < -0.39 is 0 Å². The van der Waals surface area contributed by atoms with Crippen LogP contribution >= 0.6 is 0 Å². The van der Waals surface area contributed by atoms with Crippen molar-refractivity contribution < 1.29 is 4.79 Å². The molecule has 0 fully saturated rings. The maximum Gasteiger partial charge on any atom is 0.320 e. The molecule has 0 atom stereocenters. The second-order valence-electron chi connectivity index (χ2n) is 7.33. The van der Waals surface area contributed by atoms with Gasteiger partial charge in [0.1, 0.15) is 17.2 Å². The van der Waals surface area contributed by atoms with Gasteiger partial charge >= 0.3 is 6.03 Å². The number of nitrogens with zero attached hydrogens (tertiary/aromatic N) is 4. The quantitative estimate of drug-likeness (QED) is 0.346. The Hall–Kier alpha value is -4.07. The maximum atomic E-state index is 12.2. The third-order valence-electron chi connectivity index (χ3n) is 4.89. The fourth-order valence-electron chi connectivity index (χ4n) is 3.21. The van der Waals surface area contributed by atoms with Crippen LogP contribution in [-0.2, 0) is 13.0 Å². The lowest BCUT2D eigenvalue weighted by Crippen LogP contribution is -2.29. The van der Waals surface area contributed by atoms with Gasteiger partial charge in [0.05, 0.1) is 6.20 Å². The zero-order chi connectivity index (χ0) is 22.0. The van der Waals surface area contributed by atoms with Crippen molar-refractivity contribution in [1.82, 2.24) is 25.3 Å². The molecular formula is C24H25N7O. The Labute approximate surface area is 186 Å². The summed E-state index contributed by atoms with van der Waals surface area (Å²) in [5.74, 6) is 1.04. The number of nitrogens with one attached hydrogen (secondary N) is 3. The number of benzene rings is 1. The molecule has 0 saturated carbocycles. The monoisotopic (exact) mass is 427 g/mol. The lowest BCUT2D eigenvalue weighted by molar-refractivity contribution is 0.252. The molecule has 162 valence electrons. The molecule has 3 N–H and O–H groups in total. The van der Waals surface area contributed by atoms with Gasteiger partial charge in [-0.2, -0.15) is 0 Å². The number of urea groups is 1. The Bertz CT molecular complexity index is 1150. The number of aromatic nitrogens is 4. The minimum Gasteiger partial charge on any atom is -0.365 e. The predicted molar refractivity (Wildman–Crippen MR) is 125 cm³/mol. The van der Waals surface area contributed by atoms with Crippen LogP contribution in [0.5, 0.6) is 0 Å². The first-order valence-electron chi connectivity index (χ1n) is 10.6. The van der Waals surface area contributed by atoms with Gasteiger partial charge in [0, 0.05) is 25.5 Å². The lowest BCUT2D eigenvalue weighted by Gasteiger charge is -2.09. The molecule has 0 aliphatic heterocycles. The first-order chi connectivity index (χ1) is 15.8. The Balaban J connectivity index is 1.26. The van der Waals surface area contributed by atoms with Gasteiger partial charge in [0.2, 0.25) is 0 Å². The molecule has 32 heavy (non-hydrogen) atoms. The molecule has 0 bridgehead atoms. The van der Waals surface area contributed by atoms with Crippen molar-refractivity contribution in [3.8, 4) is 0 Å². The van der Waals surface area contributed by atoms with E-state index in [2.05, 4.69) is 48.0 Å². The van der Waals surface area contributed by atoms with Gasteiger partial charge in [-0.25, -0.2) is 19.7 Å². The zero-order valence-electron chi connectivity index (χ0n) is 17.7. The molecule has 0 radical (unpaired) electrons. The number of hydrogen-bond acceptors (Lipinski definition) is 6. The number of aryl methyl sites for hydroxylation is 1. The summed E-state index contributed by atoms with van der Waals surface area (Å²) in [5.41, 5.74) is 3.52. The summed E-state index contributed by atoms with van der Waals surface area (Å²) < 4.78 is 0. The normalized spacial score (nSPS) is 10.6. The fourth-order valence-corrected chi connectivity index (χ4v) is 3.21. The molecule has 8 nitrogen and oxygen atoms in total. The molecule has 2 amide bonds. The molecule has 0 aliphatic rings. The molecule has 4 aromatic rings. The van der Waals surface area contributed by atoms with Gasteiger partial charge in [0.15, 0.2) is 5.65 Å². The maximum absolute atomic E-state index is 12.2. The van der Waals surface area contributed by atoms with E-state index in [9.17, 15) is 4.79 Å². The van der Waals surface area contributed by atoms with Crippen LogP contribution < -0.4 is 16.0 Å². The highest BCUT2D eigenvalue weighted by Crippen LogP contribution is 2.14. The number of unbranched alkanes of at least 4 members (excludes halogenated alkanes) is 1. The van der Waals surface area contributed by atoms with Crippen LogP contribution in [-0.4, -0.2) is 32.5 Å². The molecule has 0 unspecified atom stereocenters. The second kappa shape index (κ2) is 10.8. The largest absolute Gasteiger partial charge is 0.365 e. The summed E-state index contributed by atoms with van der Waals surface area (Å²) in [4.78, 5) is 29.5. The van der Waals surface area contributed by atoms with Crippen molar-refractivity contribution in [2.45, 2.75) is 25.8 Å². The number of amides is 2. The SMILES string of the molecule is O=C(NCCCCc1ccccc1)Nc1ccc2ncc(NCc3ccncc3)nc2n1. The number of hydrogen-bond donors (Lipinski definition) is 3.